The zero-order valence-corrected chi connectivity index (χ0v) is 20.2. The lowest BCUT2D eigenvalue weighted by Gasteiger charge is -2.27. The van der Waals surface area contributed by atoms with Crippen LogP contribution in [0.5, 0.6) is 0 Å². The zero-order chi connectivity index (χ0) is 22.9. The van der Waals surface area contributed by atoms with E-state index < -0.39 is 0 Å². The molecule has 6 heteroatoms. The molecule has 1 N–H and O–H groups in total. The van der Waals surface area contributed by atoms with Gasteiger partial charge < -0.3 is 10.0 Å². The minimum Gasteiger partial charge on any atom is -0.393 e. The Balaban J connectivity index is 1.35. The van der Waals surface area contributed by atoms with Crippen LogP contribution in [0, 0.1) is 5.92 Å². The van der Waals surface area contributed by atoms with Gasteiger partial charge in [-0.3, -0.25) is 0 Å². The minimum absolute atomic E-state index is 0.151. The van der Waals surface area contributed by atoms with E-state index in [1.807, 2.05) is 12.4 Å². The van der Waals surface area contributed by atoms with Crippen molar-refractivity contribution in [3.05, 3.63) is 42.1 Å². The molecule has 0 radical (unpaired) electrons. The largest absolute Gasteiger partial charge is 0.393 e. The Morgan fingerprint density at radius 1 is 0.941 bits per heavy atom. The molecule has 1 aliphatic heterocycles. The van der Waals surface area contributed by atoms with Gasteiger partial charge in [0.05, 0.1) is 17.8 Å². The van der Waals surface area contributed by atoms with Crippen molar-refractivity contribution in [3.63, 3.8) is 0 Å². The second-order valence-electron chi connectivity index (χ2n) is 10.7. The highest BCUT2D eigenvalue weighted by atomic mass is 16.3. The smallest absolute Gasteiger partial charge is 0.149 e. The van der Waals surface area contributed by atoms with Crippen molar-refractivity contribution < 1.29 is 5.11 Å². The number of fused-ring (bicyclic) bond motifs is 1. The second-order valence-corrected chi connectivity index (χ2v) is 10.7. The molecule has 0 unspecified atom stereocenters. The van der Waals surface area contributed by atoms with Gasteiger partial charge in [0.25, 0.3) is 0 Å². The lowest BCUT2D eigenvalue weighted by molar-refractivity contribution is 0.121. The van der Waals surface area contributed by atoms with Crippen LogP contribution in [0.2, 0.25) is 0 Å². The summed E-state index contributed by atoms with van der Waals surface area (Å²) in [7, 11) is 0. The first-order chi connectivity index (χ1) is 16.7. The number of hydrogen-bond donors (Lipinski definition) is 1. The molecule has 6 rings (SSSR count). The monoisotopic (exact) mass is 459 g/mol. The Labute approximate surface area is 202 Å². The molecule has 0 amide bonds. The van der Waals surface area contributed by atoms with E-state index >= 15 is 0 Å². The fraction of sp³-hybridized carbons (Fsp3) is 0.607. The van der Waals surface area contributed by atoms with Gasteiger partial charge >= 0.3 is 0 Å². The van der Waals surface area contributed by atoms with Crippen molar-refractivity contribution in [2.75, 3.05) is 18.0 Å². The van der Waals surface area contributed by atoms with E-state index in [2.05, 4.69) is 27.6 Å². The number of aliphatic hydroxyl groups is 1. The summed E-state index contributed by atoms with van der Waals surface area (Å²) >= 11 is 0. The predicted octanol–water partition coefficient (Wildman–Crippen LogP) is 5.53. The molecule has 0 atom stereocenters. The molecule has 3 aromatic rings. The van der Waals surface area contributed by atoms with Crippen molar-refractivity contribution in [1.29, 1.82) is 0 Å². The Kier molecular flexibility index (Phi) is 6.25. The third-order valence-electron chi connectivity index (χ3n) is 8.15. The van der Waals surface area contributed by atoms with E-state index in [1.54, 1.807) is 0 Å². The first kappa shape index (κ1) is 22.0. The lowest BCUT2D eigenvalue weighted by Crippen LogP contribution is -2.30. The van der Waals surface area contributed by atoms with E-state index in [1.165, 1.54) is 61.8 Å². The number of pyridine rings is 1. The summed E-state index contributed by atoms with van der Waals surface area (Å²) in [5.41, 5.74) is 4.76. The maximum Gasteiger partial charge on any atom is 0.149 e. The number of piperidine rings is 1. The molecule has 0 bridgehead atoms. The standard InChI is InChI=1S/C28H37N5O/c34-23-11-9-21(10-12-23)25-18-24(22-13-14-29-28(17-22)32-15-2-1-3-16-32)26-19-30-27(31-33(25)26)6-4-5-20-7-8-20/h13-14,17-21,23,34H,1-12,15-16H2. The second kappa shape index (κ2) is 9.65. The molecule has 4 heterocycles. The van der Waals surface area contributed by atoms with Gasteiger partial charge in [0.15, 0.2) is 0 Å². The van der Waals surface area contributed by atoms with Crippen molar-refractivity contribution >= 4 is 11.3 Å². The number of aromatic nitrogens is 4. The van der Waals surface area contributed by atoms with E-state index in [4.69, 9.17) is 15.1 Å². The van der Waals surface area contributed by atoms with Gasteiger partial charge in [0, 0.05) is 42.9 Å². The summed E-state index contributed by atoms with van der Waals surface area (Å²) in [4.78, 5) is 11.9. The molecule has 3 fully saturated rings. The number of hydrogen-bond acceptors (Lipinski definition) is 5. The molecule has 1 saturated heterocycles. The van der Waals surface area contributed by atoms with Crippen LogP contribution in [0.4, 0.5) is 5.82 Å². The summed E-state index contributed by atoms with van der Waals surface area (Å²) in [5.74, 6) is 3.42. The Morgan fingerprint density at radius 3 is 2.56 bits per heavy atom. The van der Waals surface area contributed by atoms with Crippen LogP contribution in [0.1, 0.15) is 88.1 Å². The minimum atomic E-state index is -0.151. The Morgan fingerprint density at radius 2 is 1.76 bits per heavy atom. The van der Waals surface area contributed by atoms with Crippen molar-refractivity contribution in [3.8, 4) is 11.1 Å². The lowest BCUT2D eigenvalue weighted by atomic mass is 9.85. The molecule has 2 saturated carbocycles. The van der Waals surface area contributed by atoms with E-state index in [-0.39, 0.29) is 6.10 Å². The van der Waals surface area contributed by atoms with Crippen LogP contribution in [-0.2, 0) is 6.42 Å². The van der Waals surface area contributed by atoms with Gasteiger partial charge in [-0.1, -0.05) is 19.3 Å². The van der Waals surface area contributed by atoms with Crippen LogP contribution in [0.3, 0.4) is 0 Å². The average molecular weight is 460 g/mol. The maximum absolute atomic E-state index is 10.1. The highest BCUT2D eigenvalue weighted by Crippen LogP contribution is 2.38. The van der Waals surface area contributed by atoms with Crippen LogP contribution in [0.15, 0.2) is 30.6 Å². The van der Waals surface area contributed by atoms with Gasteiger partial charge in [-0.25, -0.2) is 14.5 Å². The number of aryl methyl sites for hydroxylation is 1. The number of rotatable bonds is 7. The predicted molar refractivity (Wildman–Crippen MR) is 135 cm³/mol. The summed E-state index contributed by atoms with van der Waals surface area (Å²) in [6.07, 6.45) is 17.7. The number of anilines is 1. The van der Waals surface area contributed by atoms with Gasteiger partial charge in [-0.2, -0.15) is 5.10 Å². The summed E-state index contributed by atoms with van der Waals surface area (Å²) in [6.45, 7) is 2.19. The molecule has 3 aliphatic rings. The molecule has 3 aromatic heterocycles. The van der Waals surface area contributed by atoms with Crippen molar-refractivity contribution in [2.24, 2.45) is 5.92 Å². The van der Waals surface area contributed by atoms with Gasteiger partial charge in [0.1, 0.15) is 11.6 Å². The molecule has 34 heavy (non-hydrogen) atoms. The topological polar surface area (TPSA) is 66.6 Å². The van der Waals surface area contributed by atoms with E-state index in [9.17, 15) is 5.11 Å². The normalized spacial score (nSPS) is 23.5. The molecule has 0 spiro atoms. The fourth-order valence-electron chi connectivity index (χ4n) is 5.89. The number of aliphatic hydroxyl groups excluding tert-OH is 1. The summed E-state index contributed by atoms with van der Waals surface area (Å²) in [5, 5.41) is 15.1. The third kappa shape index (κ3) is 4.70. The molecule has 0 aromatic carbocycles. The Hall–Kier alpha value is -2.47. The number of nitrogens with zero attached hydrogens (tertiary/aromatic N) is 5. The van der Waals surface area contributed by atoms with Gasteiger partial charge in [-0.15, -0.1) is 0 Å². The van der Waals surface area contributed by atoms with Crippen LogP contribution >= 0.6 is 0 Å². The van der Waals surface area contributed by atoms with Crippen LogP contribution < -0.4 is 4.90 Å². The maximum atomic E-state index is 10.1. The summed E-state index contributed by atoms with van der Waals surface area (Å²) < 4.78 is 2.18. The van der Waals surface area contributed by atoms with Crippen LogP contribution in [-0.4, -0.2) is 43.9 Å². The quantitative estimate of drug-likeness (QED) is 0.503. The molecule has 6 nitrogen and oxygen atoms in total. The highest BCUT2D eigenvalue weighted by molar-refractivity contribution is 5.82. The van der Waals surface area contributed by atoms with Crippen LogP contribution in [0.25, 0.3) is 16.6 Å². The summed E-state index contributed by atoms with van der Waals surface area (Å²) in [6, 6.07) is 6.72. The van der Waals surface area contributed by atoms with Crippen molar-refractivity contribution in [2.45, 2.75) is 89.1 Å². The third-order valence-corrected chi connectivity index (χ3v) is 8.15. The van der Waals surface area contributed by atoms with E-state index in [0.29, 0.717) is 5.92 Å². The molecular formula is C28H37N5O. The fourth-order valence-corrected chi connectivity index (χ4v) is 5.89. The van der Waals surface area contributed by atoms with Crippen molar-refractivity contribution in [1.82, 2.24) is 19.6 Å². The first-order valence-electron chi connectivity index (χ1n) is 13.5. The highest BCUT2D eigenvalue weighted by Gasteiger charge is 2.26. The zero-order valence-electron chi connectivity index (χ0n) is 20.2. The molecular weight excluding hydrogens is 422 g/mol. The van der Waals surface area contributed by atoms with E-state index in [0.717, 1.165) is 68.3 Å². The first-order valence-corrected chi connectivity index (χ1v) is 13.5. The van der Waals surface area contributed by atoms with Gasteiger partial charge in [0.2, 0.25) is 0 Å². The Bertz CT molecular complexity index is 1120. The van der Waals surface area contributed by atoms with Gasteiger partial charge in [-0.05, 0) is 81.0 Å². The SMILES string of the molecule is OC1CCC(c2cc(-c3ccnc(N4CCCCC4)c3)c3cnc(CCCC4CC4)nn23)CC1. The molecule has 2 aliphatic carbocycles. The molecule has 180 valence electrons. The average Bonchev–Trinajstić information content (AvgIpc) is 3.63.